The minimum atomic E-state index is -0.227. The summed E-state index contributed by atoms with van der Waals surface area (Å²) >= 11 is 0. The van der Waals surface area contributed by atoms with E-state index < -0.39 is 0 Å². The molecule has 0 bridgehead atoms. The Bertz CT molecular complexity index is 854. The Labute approximate surface area is 190 Å². The molecule has 1 aliphatic carbocycles. The molecule has 176 valence electrons. The van der Waals surface area contributed by atoms with Crippen LogP contribution in [0, 0.1) is 11.8 Å². The smallest absolute Gasteiger partial charge is 0.257 e. The number of amides is 3. The minimum Gasteiger partial charge on any atom is -0.491 e. The first-order valence-corrected chi connectivity index (χ1v) is 11.3. The second kappa shape index (κ2) is 10.3. The second-order valence-electron chi connectivity index (χ2n) is 9.18. The van der Waals surface area contributed by atoms with Crippen molar-refractivity contribution in [3.05, 3.63) is 23.8 Å². The zero-order chi connectivity index (χ0) is 23.4. The largest absolute Gasteiger partial charge is 0.491 e. The van der Waals surface area contributed by atoms with Crippen LogP contribution in [0.1, 0.15) is 50.4 Å². The van der Waals surface area contributed by atoms with Gasteiger partial charge in [0.2, 0.25) is 11.8 Å². The molecule has 8 heteroatoms. The normalized spacial score (nSPS) is 24.7. The van der Waals surface area contributed by atoms with E-state index in [4.69, 9.17) is 9.47 Å². The lowest BCUT2D eigenvalue weighted by molar-refractivity contribution is -0.135. The van der Waals surface area contributed by atoms with Crippen LogP contribution in [0.2, 0.25) is 0 Å². The quantitative estimate of drug-likeness (QED) is 0.770. The number of benzene rings is 1. The number of nitrogens with zero attached hydrogens (tertiary/aromatic N) is 2. The molecule has 0 unspecified atom stereocenters. The Morgan fingerprint density at radius 3 is 2.56 bits per heavy atom. The van der Waals surface area contributed by atoms with Gasteiger partial charge in [0.25, 0.3) is 5.91 Å². The predicted molar refractivity (Wildman–Crippen MR) is 122 cm³/mol. The van der Waals surface area contributed by atoms with E-state index in [0.29, 0.717) is 42.4 Å². The molecule has 1 N–H and O–H groups in total. The van der Waals surface area contributed by atoms with Crippen molar-refractivity contribution in [1.82, 2.24) is 9.80 Å². The molecule has 0 radical (unpaired) electrons. The Balaban J connectivity index is 1.93. The maximum atomic E-state index is 13.3. The van der Waals surface area contributed by atoms with Gasteiger partial charge in [-0.3, -0.25) is 14.4 Å². The summed E-state index contributed by atoms with van der Waals surface area (Å²) in [6, 6.07) is 4.88. The maximum absolute atomic E-state index is 13.3. The molecule has 3 amide bonds. The van der Waals surface area contributed by atoms with Gasteiger partial charge >= 0.3 is 0 Å². The van der Waals surface area contributed by atoms with Crippen LogP contribution in [0.5, 0.6) is 5.75 Å². The third kappa shape index (κ3) is 6.00. The number of carbonyl (C=O) groups is 3. The highest BCUT2D eigenvalue weighted by Crippen LogP contribution is 2.33. The van der Waals surface area contributed by atoms with Gasteiger partial charge in [0.15, 0.2) is 0 Å². The lowest BCUT2D eigenvalue weighted by atomic mass is 10.0. The van der Waals surface area contributed by atoms with Gasteiger partial charge in [0, 0.05) is 52.2 Å². The van der Waals surface area contributed by atoms with Crippen LogP contribution in [0.15, 0.2) is 18.2 Å². The molecule has 8 nitrogen and oxygen atoms in total. The molecule has 32 heavy (non-hydrogen) atoms. The molecule has 1 aromatic rings. The van der Waals surface area contributed by atoms with E-state index in [9.17, 15) is 14.4 Å². The van der Waals surface area contributed by atoms with Gasteiger partial charge < -0.3 is 24.6 Å². The fourth-order valence-electron chi connectivity index (χ4n) is 4.09. The van der Waals surface area contributed by atoms with Crippen LogP contribution in [0.3, 0.4) is 0 Å². The van der Waals surface area contributed by atoms with Crippen molar-refractivity contribution in [2.24, 2.45) is 11.8 Å². The fourth-order valence-corrected chi connectivity index (χ4v) is 4.09. The maximum Gasteiger partial charge on any atom is 0.257 e. The summed E-state index contributed by atoms with van der Waals surface area (Å²) in [5.74, 6) is 0.684. The summed E-state index contributed by atoms with van der Waals surface area (Å²) in [5, 5.41) is 2.72. The highest BCUT2D eigenvalue weighted by molar-refractivity contribution is 5.99. The van der Waals surface area contributed by atoms with Crippen molar-refractivity contribution in [2.45, 2.75) is 52.2 Å². The van der Waals surface area contributed by atoms with Crippen molar-refractivity contribution < 1.29 is 23.9 Å². The average Bonchev–Trinajstić information content (AvgIpc) is 3.56. The van der Waals surface area contributed by atoms with Gasteiger partial charge in [-0.25, -0.2) is 0 Å². The molecule has 1 aliphatic heterocycles. The minimum absolute atomic E-state index is 0.0328. The van der Waals surface area contributed by atoms with Crippen molar-refractivity contribution in [3.63, 3.8) is 0 Å². The van der Waals surface area contributed by atoms with Crippen LogP contribution in [0.4, 0.5) is 5.69 Å². The van der Waals surface area contributed by atoms with E-state index >= 15 is 0 Å². The zero-order valence-electron chi connectivity index (χ0n) is 19.7. The number of methoxy groups -OCH3 is 1. The van der Waals surface area contributed by atoms with Gasteiger partial charge in [-0.2, -0.15) is 0 Å². The number of hydrogen-bond acceptors (Lipinski definition) is 5. The molecule has 1 fully saturated rings. The third-order valence-electron chi connectivity index (χ3n) is 6.25. The number of nitrogens with one attached hydrogen (secondary N) is 1. The molecule has 3 rings (SSSR count). The van der Waals surface area contributed by atoms with Gasteiger partial charge in [0.1, 0.15) is 12.4 Å². The van der Waals surface area contributed by atoms with E-state index in [0.717, 1.165) is 12.8 Å². The Kier molecular flexibility index (Phi) is 7.77. The van der Waals surface area contributed by atoms with Gasteiger partial charge in [-0.05, 0) is 43.9 Å². The van der Waals surface area contributed by atoms with E-state index in [1.165, 1.54) is 6.92 Å². The standard InChI is InChI=1S/C24H35N3O5/c1-15-12-27(23(29)10-18-6-7-18)16(2)14-32-21-9-8-19(25-17(3)28)11-20(21)24(30)26(4)13-22(15)31-5/h8-9,11,15-16,18,22H,6-7,10,12-14H2,1-5H3,(H,25,28)/t15-,16+,22+/m1/s1. The van der Waals surface area contributed by atoms with Crippen LogP contribution < -0.4 is 10.1 Å². The number of ether oxygens (including phenoxy) is 2. The van der Waals surface area contributed by atoms with Gasteiger partial charge in [-0.15, -0.1) is 0 Å². The number of hydrogen-bond donors (Lipinski definition) is 1. The molecular weight excluding hydrogens is 410 g/mol. The van der Waals surface area contributed by atoms with Gasteiger partial charge in [0.05, 0.1) is 17.7 Å². The monoisotopic (exact) mass is 445 g/mol. The zero-order valence-corrected chi connectivity index (χ0v) is 19.7. The van der Waals surface area contributed by atoms with Crippen molar-refractivity contribution >= 4 is 23.4 Å². The van der Waals surface area contributed by atoms with Crippen molar-refractivity contribution in [3.8, 4) is 5.75 Å². The average molecular weight is 446 g/mol. The topological polar surface area (TPSA) is 88.2 Å². The van der Waals surface area contributed by atoms with E-state index in [1.54, 1.807) is 37.3 Å². The number of likely N-dealkylation sites (N-methyl/N-ethyl adjacent to an activating group) is 1. The van der Waals surface area contributed by atoms with Crippen LogP contribution in [0.25, 0.3) is 0 Å². The number of rotatable bonds is 4. The number of anilines is 1. The third-order valence-corrected chi connectivity index (χ3v) is 6.25. The van der Waals surface area contributed by atoms with Crippen molar-refractivity contribution in [2.75, 3.05) is 39.2 Å². The summed E-state index contributed by atoms with van der Waals surface area (Å²) in [4.78, 5) is 41.3. The SMILES string of the molecule is CO[C@H]1CN(C)C(=O)c2cc(NC(C)=O)ccc2OC[C@H](C)N(C(=O)CC2CC2)C[C@H]1C. The fraction of sp³-hybridized carbons (Fsp3) is 0.625. The van der Waals surface area contributed by atoms with E-state index in [1.807, 2.05) is 18.7 Å². The lowest BCUT2D eigenvalue weighted by Crippen LogP contribution is -2.48. The first kappa shape index (κ1) is 24.0. The summed E-state index contributed by atoms with van der Waals surface area (Å²) in [6.07, 6.45) is 2.59. The first-order valence-electron chi connectivity index (χ1n) is 11.3. The Morgan fingerprint density at radius 2 is 1.94 bits per heavy atom. The molecule has 0 aromatic heterocycles. The first-order chi connectivity index (χ1) is 15.2. The van der Waals surface area contributed by atoms with Crippen LogP contribution in [-0.4, -0.2) is 73.5 Å². The molecule has 3 atom stereocenters. The number of fused-ring (bicyclic) bond motifs is 1. The Hall–Kier alpha value is -2.61. The van der Waals surface area contributed by atoms with E-state index in [-0.39, 0.29) is 42.4 Å². The highest BCUT2D eigenvalue weighted by atomic mass is 16.5. The van der Waals surface area contributed by atoms with E-state index in [2.05, 4.69) is 5.32 Å². The summed E-state index contributed by atoms with van der Waals surface area (Å²) in [5.41, 5.74) is 0.893. The molecule has 0 saturated heterocycles. The summed E-state index contributed by atoms with van der Waals surface area (Å²) < 4.78 is 11.8. The summed E-state index contributed by atoms with van der Waals surface area (Å²) in [6.45, 7) is 6.63. The second-order valence-corrected chi connectivity index (χ2v) is 9.18. The highest BCUT2D eigenvalue weighted by Gasteiger charge is 2.33. The van der Waals surface area contributed by atoms with Crippen LogP contribution in [-0.2, 0) is 14.3 Å². The lowest BCUT2D eigenvalue weighted by Gasteiger charge is -2.36. The Morgan fingerprint density at radius 1 is 1.22 bits per heavy atom. The van der Waals surface area contributed by atoms with Crippen LogP contribution >= 0.6 is 0 Å². The van der Waals surface area contributed by atoms with Gasteiger partial charge in [-0.1, -0.05) is 6.92 Å². The predicted octanol–water partition coefficient (Wildman–Crippen LogP) is 2.78. The van der Waals surface area contributed by atoms with Crippen molar-refractivity contribution in [1.29, 1.82) is 0 Å². The molecule has 1 heterocycles. The molecule has 1 saturated carbocycles. The summed E-state index contributed by atoms with van der Waals surface area (Å²) in [7, 11) is 3.36. The number of carbonyl (C=O) groups excluding carboxylic acids is 3. The molecule has 2 aliphatic rings. The molecular formula is C24H35N3O5. The molecule has 1 aromatic carbocycles. The molecule has 0 spiro atoms.